The maximum atomic E-state index is 5.95. The molecule has 18 heavy (non-hydrogen) atoms. The summed E-state index contributed by atoms with van der Waals surface area (Å²) in [5.41, 5.74) is 6.25. The summed E-state index contributed by atoms with van der Waals surface area (Å²) in [6, 6.07) is 8.16. The lowest BCUT2D eigenvalue weighted by molar-refractivity contribution is 0.837. The molecule has 0 aliphatic carbocycles. The molecular formula is C15H19ClN2. The highest BCUT2D eigenvalue weighted by Crippen LogP contribution is 2.21. The second-order valence-corrected chi connectivity index (χ2v) is 5.20. The van der Waals surface area contributed by atoms with Crippen LogP contribution in [0.1, 0.15) is 22.5 Å². The normalized spacial score (nSPS) is 10.7. The highest BCUT2D eigenvalue weighted by molar-refractivity contribution is 6.30. The van der Waals surface area contributed by atoms with E-state index in [9.17, 15) is 0 Å². The number of benzene rings is 1. The van der Waals surface area contributed by atoms with E-state index in [1.165, 1.54) is 22.5 Å². The summed E-state index contributed by atoms with van der Waals surface area (Å²) >= 11 is 5.95. The van der Waals surface area contributed by atoms with E-state index < -0.39 is 0 Å². The molecule has 0 saturated heterocycles. The van der Waals surface area contributed by atoms with Gasteiger partial charge in [0.1, 0.15) is 0 Å². The Bertz CT molecular complexity index is 570. The van der Waals surface area contributed by atoms with E-state index in [0.29, 0.717) is 0 Å². The summed E-state index contributed by atoms with van der Waals surface area (Å²) in [7, 11) is 2.10. The first-order valence-corrected chi connectivity index (χ1v) is 6.48. The first-order valence-electron chi connectivity index (χ1n) is 6.11. The molecule has 96 valence electrons. The van der Waals surface area contributed by atoms with E-state index in [0.717, 1.165) is 17.3 Å². The molecule has 0 aliphatic heterocycles. The van der Waals surface area contributed by atoms with Crippen LogP contribution in [0.2, 0.25) is 5.02 Å². The van der Waals surface area contributed by atoms with E-state index in [4.69, 9.17) is 11.6 Å². The Morgan fingerprint density at radius 2 is 1.89 bits per heavy atom. The molecule has 1 heterocycles. The minimum Gasteiger partial charge on any atom is -0.381 e. The lowest BCUT2D eigenvalue weighted by atomic mass is 10.2. The summed E-state index contributed by atoms with van der Waals surface area (Å²) in [4.78, 5) is 0. The van der Waals surface area contributed by atoms with Crippen molar-refractivity contribution in [3.8, 4) is 0 Å². The third kappa shape index (κ3) is 2.54. The van der Waals surface area contributed by atoms with Crippen LogP contribution in [0.3, 0.4) is 0 Å². The second-order valence-electron chi connectivity index (χ2n) is 4.77. The van der Waals surface area contributed by atoms with Crippen LogP contribution >= 0.6 is 11.6 Å². The molecular weight excluding hydrogens is 244 g/mol. The van der Waals surface area contributed by atoms with Gasteiger partial charge in [-0.2, -0.15) is 0 Å². The fourth-order valence-electron chi connectivity index (χ4n) is 2.13. The van der Waals surface area contributed by atoms with Gasteiger partial charge in [0, 0.05) is 35.7 Å². The number of nitrogens with zero attached hydrogens (tertiary/aromatic N) is 1. The first-order chi connectivity index (χ1) is 8.49. The lowest BCUT2D eigenvalue weighted by Crippen LogP contribution is -2.02. The summed E-state index contributed by atoms with van der Waals surface area (Å²) in [5, 5.41) is 4.25. The summed E-state index contributed by atoms with van der Waals surface area (Å²) in [6.07, 6.45) is 0. The molecule has 0 aliphatic rings. The number of hydrogen-bond donors (Lipinski definition) is 1. The molecule has 2 rings (SSSR count). The van der Waals surface area contributed by atoms with Gasteiger partial charge >= 0.3 is 0 Å². The topological polar surface area (TPSA) is 17.0 Å². The smallest absolute Gasteiger partial charge is 0.0418 e. The van der Waals surface area contributed by atoms with Crippen LogP contribution in [0.25, 0.3) is 0 Å². The van der Waals surface area contributed by atoms with Gasteiger partial charge in [-0.25, -0.2) is 0 Å². The van der Waals surface area contributed by atoms with Crippen LogP contribution in [-0.4, -0.2) is 4.57 Å². The SMILES string of the molecule is Cc1cc(Cl)ccc1NCc1cc(C)n(C)c1C. The fraction of sp³-hybridized carbons (Fsp3) is 0.333. The van der Waals surface area contributed by atoms with Crippen LogP contribution in [0.4, 0.5) is 5.69 Å². The Kier molecular flexibility index (Phi) is 3.67. The van der Waals surface area contributed by atoms with Gasteiger partial charge in [0.25, 0.3) is 0 Å². The van der Waals surface area contributed by atoms with Crippen molar-refractivity contribution in [1.82, 2.24) is 4.57 Å². The molecule has 1 aromatic carbocycles. The maximum Gasteiger partial charge on any atom is 0.0418 e. The van der Waals surface area contributed by atoms with Crippen molar-refractivity contribution in [1.29, 1.82) is 0 Å². The van der Waals surface area contributed by atoms with Crippen molar-refractivity contribution in [2.75, 3.05) is 5.32 Å². The predicted molar refractivity (Wildman–Crippen MR) is 78.4 cm³/mol. The number of halogens is 1. The van der Waals surface area contributed by atoms with E-state index in [2.05, 4.69) is 43.8 Å². The summed E-state index contributed by atoms with van der Waals surface area (Å²) < 4.78 is 2.21. The van der Waals surface area contributed by atoms with Gasteiger partial charge in [-0.1, -0.05) is 11.6 Å². The molecule has 0 spiro atoms. The lowest BCUT2D eigenvalue weighted by Gasteiger charge is -2.10. The maximum absolute atomic E-state index is 5.95. The van der Waals surface area contributed by atoms with Crippen LogP contribution in [-0.2, 0) is 13.6 Å². The van der Waals surface area contributed by atoms with Crippen molar-refractivity contribution < 1.29 is 0 Å². The fourth-order valence-corrected chi connectivity index (χ4v) is 2.35. The van der Waals surface area contributed by atoms with Gasteiger partial charge in [0.15, 0.2) is 0 Å². The Morgan fingerprint density at radius 3 is 2.44 bits per heavy atom. The van der Waals surface area contributed by atoms with E-state index in [1.54, 1.807) is 0 Å². The molecule has 0 atom stereocenters. The van der Waals surface area contributed by atoms with Gasteiger partial charge in [0.05, 0.1) is 0 Å². The zero-order chi connectivity index (χ0) is 13.3. The Morgan fingerprint density at radius 1 is 1.17 bits per heavy atom. The van der Waals surface area contributed by atoms with Gasteiger partial charge in [-0.05, 0) is 56.2 Å². The number of aryl methyl sites for hydroxylation is 2. The quantitative estimate of drug-likeness (QED) is 0.877. The standard InChI is InChI=1S/C15H19ClN2/c1-10-7-14(16)5-6-15(10)17-9-13-8-11(2)18(4)12(13)3/h5-8,17H,9H2,1-4H3. The van der Waals surface area contributed by atoms with Crippen molar-refractivity contribution in [2.24, 2.45) is 7.05 Å². The largest absolute Gasteiger partial charge is 0.381 e. The number of nitrogens with one attached hydrogen (secondary N) is 1. The molecule has 0 unspecified atom stereocenters. The van der Waals surface area contributed by atoms with Crippen molar-refractivity contribution in [3.63, 3.8) is 0 Å². The molecule has 2 nitrogen and oxygen atoms in total. The Balaban J connectivity index is 2.14. The molecule has 1 N–H and O–H groups in total. The van der Waals surface area contributed by atoms with E-state index in [1.807, 2.05) is 18.2 Å². The monoisotopic (exact) mass is 262 g/mol. The number of anilines is 1. The number of rotatable bonds is 3. The first kappa shape index (κ1) is 13.0. The van der Waals surface area contributed by atoms with Gasteiger partial charge in [-0.3, -0.25) is 0 Å². The molecule has 0 radical (unpaired) electrons. The van der Waals surface area contributed by atoms with Gasteiger partial charge in [-0.15, -0.1) is 0 Å². The van der Waals surface area contributed by atoms with Crippen LogP contribution in [0.15, 0.2) is 24.3 Å². The highest BCUT2D eigenvalue weighted by atomic mass is 35.5. The van der Waals surface area contributed by atoms with Crippen LogP contribution in [0.5, 0.6) is 0 Å². The molecule has 0 bridgehead atoms. The predicted octanol–water partition coefficient (Wildman–Crippen LogP) is 4.22. The second kappa shape index (κ2) is 5.07. The third-order valence-corrected chi connectivity index (χ3v) is 3.77. The summed E-state index contributed by atoms with van der Waals surface area (Å²) in [6.45, 7) is 7.19. The van der Waals surface area contributed by atoms with Crippen LogP contribution < -0.4 is 5.32 Å². The summed E-state index contributed by atoms with van der Waals surface area (Å²) in [5.74, 6) is 0. The zero-order valence-corrected chi connectivity index (χ0v) is 12.1. The van der Waals surface area contributed by atoms with Crippen molar-refractivity contribution in [3.05, 3.63) is 51.8 Å². The zero-order valence-electron chi connectivity index (χ0n) is 11.3. The average Bonchev–Trinajstić information content (AvgIpc) is 2.56. The average molecular weight is 263 g/mol. The molecule has 3 heteroatoms. The molecule has 0 saturated carbocycles. The van der Waals surface area contributed by atoms with E-state index >= 15 is 0 Å². The third-order valence-electron chi connectivity index (χ3n) is 3.54. The number of aromatic nitrogens is 1. The van der Waals surface area contributed by atoms with Gasteiger partial charge in [0.2, 0.25) is 0 Å². The molecule has 0 fully saturated rings. The van der Waals surface area contributed by atoms with Gasteiger partial charge < -0.3 is 9.88 Å². The minimum absolute atomic E-state index is 0.782. The van der Waals surface area contributed by atoms with Crippen molar-refractivity contribution in [2.45, 2.75) is 27.3 Å². The molecule has 0 amide bonds. The van der Waals surface area contributed by atoms with Crippen molar-refractivity contribution >= 4 is 17.3 Å². The Hall–Kier alpha value is -1.41. The Labute approximate surface area is 114 Å². The minimum atomic E-state index is 0.782. The number of hydrogen-bond acceptors (Lipinski definition) is 1. The highest BCUT2D eigenvalue weighted by Gasteiger charge is 2.06. The van der Waals surface area contributed by atoms with E-state index in [-0.39, 0.29) is 0 Å². The molecule has 1 aromatic heterocycles. The van der Waals surface area contributed by atoms with Crippen LogP contribution in [0, 0.1) is 20.8 Å². The molecule has 2 aromatic rings.